The zero-order valence-electron chi connectivity index (χ0n) is 7.85. The molecular formula is C9H9N3O2. The molecule has 0 fully saturated rings. The maximum absolute atomic E-state index is 10.9. The van der Waals surface area contributed by atoms with Crippen molar-refractivity contribution in [1.29, 1.82) is 0 Å². The average Bonchev–Trinajstić information content (AvgIpc) is 2.43. The summed E-state index contributed by atoms with van der Waals surface area (Å²) in [5, 5.41) is 9.53. The molecule has 0 aliphatic heterocycles. The molecule has 2 aromatic rings. The Balaban J connectivity index is 2.92. The Labute approximate surface area is 80.0 Å². The van der Waals surface area contributed by atoms with Gasteiger partial charge >= 0.3 is 5.97 Å². The molecule has 0 bridgehead atoms. The number of carbonyl (C=O) groups is 1. The van der Waals surface area contributed by atoms with Gasteiger partial charge in [0.1, 0.15) is 12.0 Å². The van der Waals surface area contributed by atoms with E-state index in [2.05, 4.69) is 9.97 Å². The fourth-order valence-corrected chi connectivity index (χ4v) is 1.59. The standard InChI is InChI=1S/C9H9N3O2/c1-5-3-12(2)8-6(5)7(9(13)14)10-4-11-8/h3-4H,1-2H3,(H,13,14). The van der Waals surface area contributed by atoms with Gasteiger partial charge in [-0.15, -0.1) is 0 Å². The number of hydrogen-bond acceptors (Lipinski definition) is 3. The molecule has 0 atom stereocenters. The lowest BCUT2D eigenvalue weighted by Crippen LogP contribution is -2.02. The van der Waals surface area contributed by atoms with Crippen molar-refractivity contribution in [2.45, 2.75) is 6.92 Å². The summed E-state index contributed by atoms with van der Waals surface area (Å²) in [6, 6.07) is 0. The highest BCUT2D eigenvalue weighted by Crippen LogP contribution is 2.20. The second-order valence-corrected chi connectivity index (χ2v) is 3.15. The van der Waals surface area contributed by atoms with Crippen molar-refractivity contribution < 1.29 is 9.90 Å². The molecule has 0 saturated heterocycles. The van der Waals surface area contributed by atoms with E-state index in [0.717, 1.165) is 5.56 Å². The van der Waals surface area contributed by atoms with Gasteiger partial charge in [0.15, 0.2) is 5.69 Å². The molecule has 5 nitrogen and oxygen atoms in total. The molecule has 0 aliphatic carbocycles. The van der Waals surface area contributed by atoms with Gasteiger partial charge in [-0.25, -0.2) is 14.8 Å². The van der Waals surface area contributed by atoms with Crippen molar-refractivity contribution in [2.75, 3.05) is 0 Å². The summed E-state index contributed by atoms with van der Waals surface area (Å²) in [4.78, 5) is 18.7. The third-order valence-corrected chi connectivity index (χ3v) is 2.15. The van der Waals surface area contributed by atoms with Crippen LogP contribution in [0, 0.1) is 6.92 Å². The van der Waals surface area contributed by atoms with Crippen LogP contribution in [0.15, 0.2) is 12.5 Å². The molecule has 72 valence electrons. The third kappa shape index (κ3) is 1.06. The zero-order valence-corrected chi connectivity index (χ0v) is 7.85. The fourth-order valence-electron chi connectivity index (χ4n) is 1.59. The Morgan fingerprint density at radius 3 is 2.86 bits per heavy atom. The van der Waals surface area contributed by atoms with Crippen LogP contribution in [0.1, 0.15) is 16.1 Å². The van der Waals surface area contributed by atoms with Crippen LogP contribution in [0.2, 0.25) is 0 Å². The van der Waals surface area contributed by atoms with Gasteiger partial charge in [-0.3, -0.25) is 0 Å². The van der Waals surface area contributed by atoms with Crippen molar-refractivity contribution >= 4 is 17.0 Å². The van der Waals surface area contributed by atoms with E-state index in [1.165, 1.54) is 6.33 Å². The summed E-state index contributed by atoms with van der Waals surface area (Å²) in [6.07, 6.45) is 3.11. The number of aryl methyl sites for hydroxylation is 2. The van der Waals surface area contributed by atoms with E-state index in [4.69, 9.17) is 5.11 Å². The average molecular weight is 191 g/mol. The topological polar surface area (TPSA) is 68.0 Å². The highest BCUT2D eigenvalue weighted by Gasteiger charge is 2.15. The molecule has 2 aromatic heterocycles. The lowest BCUT2D eigenvalue weighted by atomic mass is 10.2. The van der Waals surface area contributed by atoms with Crippen molar-refractivity contribution in [3.05, 3.63) is 23.8 Å². The molecule has 0 aromatic carbocycles. The molecule has 0 aliphatic rings. The number of rotatable bonds is 1. The SMILES string of the molecule is Cc1cn(C)c2ncnc(C(=O)O)c12. The van der Waals surface area contributed by atoms with Crippen LogP contribution in [-0.2, 0) is 7.05 Å². The van der Waals surface area contributed by atoms with Crippen molar-refractivity contribution in [2.24, 2.45) is 7.05 Å². The normalized spacial score (nSPS) is 10.7. The second kappa shape index (κ2) is 2.80. The van der Waals surface area contributed by atoms with E-state index in [1.807, 2.05) is 20.2 Å². The number of aromatic carboxylic acids is 1. The van der Waals surface area contributed by atoms with Gasteiger partial charge in [0, 0.05) is 13.2 Å². The number of carboxylic acids is 1. The zero-order chi connectivity index (χ0) is 10.3. The lowest BCUT2D eigenvalue weighted by molar-refractivity contribution is 0.0692. The van der Waals surface area contributed by atoms with E-state index in [1.54, 1.807) is 4.57 Å². The first-order valence-electron chi connectivity index (χ1n) is 4.11. The van der Waals surface area contributed by atoms with E-state index < -0.39 is 5.97 Å². The molecule has 0 spiro atoms. The first-order chi connectivity index (χ1) is 6.61. The van der Waals surface area contributed by atoms with Crippen molar-refractivity contribution in [3.8, 4) is 0 Å². The van der Waals surface area contributed by atoms with Gasteiger partial charge in [-0.2, -0.15) is 0 Å². The highest BCUT2D eigenvalue weighted by molar-refractivity contribution is 6.01. The molecule has 5 heteroatoms. The van der Waals surface area contributed by atoms with Gasteiger partial charge in [-0.05, 0) is 12.5 Å². The van der Waals surface area contributed by atoms with Crippen molar-refractivity contribution in [1.82, 2.24) is 14.5 Å². The lowest BCUT2D eigenvalue weighted by Gasteiger charge is -1.97. The third-order valence-electron chi connectivity index (χ3n) is 2.15. The van der Waals surface area contributed by atoms with Crippen LogP contribution >= 0.6 is 0 Å². The highest BCUT2D eigenvalue weighted by atomic mass is 16.4. The molecule has 1 N–H and O–H groups in total. The van der Waals surface area contributed by atoms with E-state index in [9.17, 15) is 4.79 Å². The quantitative estimate of drug-likeness (QED) is 0.729. The number of hydrogen-bond donors (Lipinski definition) is 1. The number of carboxylic acid groups (broad SMARTS) is 1. The summed E-state index contributed by atoms with van der Waals surface area (Å²) in [7, 11) is 1.83. The summed E-state index contributed by atoms with van der Waals surface area (Å²) in [5.74, 6) is -1.02. The van der Waals surface area contributed by atoms with E-state index in [0.29, 0.717) is 11.0 Å². The minimum absolute atomic E-state index is 0.0631. The first kappa shape index (κ1) is 8.68. The Morgan fingerprint density at radius 1 is 1.50 bits per heavy atom. The second-order valence-electron chi connectivity index (χ2n) is 3.15. The smallest absolute Gasteiger partial charge is 0.355 e. The summed E-state index contributed by atoms with van der Waals surface area (Å²) >= 11 is 0. The molecule has 2 rings (SSSR count). The van der Waals surface area contributed by atoms with Gasteiger partial charge in [0.25, 0.3) is 0 Å². The molecule has 0 amide bonds. The monoisotopic (exact) mass is 191 g/mol. The minimum Gasteiger partial charge on any atom is -0.476 e. The van der Waals surface area contributed by atoms with Gasteiger partial charge in [-0.1, -0.05) is 0 Å². The van der Waals surface area contributed by atoms with Crippen LogP contribution in [-0.4, -0.2) is 25.6 Å². The molecular weight excluding hydrogens is 182 g/mol. The minimum atomic E-state index is -1.02. The molecule has 0 saturated carbocycles. The molecule has 2 heterocycles. The van der Waals surface area contributed by atoms with Crippen LogP contribution < -0.4 is 0 Å². The molecule has 0 unspecified atom stereocenters. The number of nitrogens with zero attached hydrogens (tertiary/aromatic N) is 3. The Kier molecular flexibility index (Phi) is 1.73. The predicted molar refractivity (Wildman–Crippen MR) is 50.2 cm³/mol. The maximum Gasteiger partial charge on any atom is 0.355 e. The van der Waals surface area contributed by atoms with E-state index >= 15 is 0 Å². The largest absolute Gasteiger partial charge is 0.476 e. The van der Waals surface area contributed by atoms with Crippen LogP contribution in [0.5, 0.6) is 0 Å². The Morgan fingerprint density at radius 2 is 2.21 bits per heavy atom. The Hall–Kier alpha value is -1.91. The fraction of sp³-hybridized carbons (Fsp3) is 0.222. The predicted octanol–water partition coefficient (Wildman–Crippen LogP) is 0.975. The van der Waals surface area contributed by atoms with Crippen LogP contribution in [0.4, 0.5) is 0 Å². The summed E-state index contributed by atoms with van der Waals surface area (Å²) in [5.41, 5.74) is 1.59. The molecule has 14 heavy (non-hydrogen) atoms. The maximum atomic E-state index is 10.9. The Bertz CT molecular complexity index is 516. The number of aromatic nitrogens is 3. The van der Waals surface area contributed by atoms with E-state index in [-0.39, 0.29) is 5.69 Å². The number of fused-ring (bicyclic) bond motifs is 1. The molecule has 0 radical (unpaired) electrons. The van der Waals surface area contributed by atoms with Gasteiger partial charge in [0.2, 0.25) is 0 Å². The first-order valence-corrected chi connectivity index (χ1v) is 4.11. The van der Waals surface area contributed by atoms with Crippen LogP contribution in [0.3, 0.4) is 0 Å². The van der Waals surface area contributed by atoms with Gasteiger partial charge < -0.3 is 9.67 Å². The van der Waals surface area contributed by atoms with Crippen molar-refractivity contribution in [3.63, 3.8) is 0 Å². The van der Waals surface area contributed by atoms with Gasteiger partial charge in [0.05, 0.1) is 5.39 Å². The summed E-state index contributed by atoms with van der Waals surface area (Å²) < 4.78 is 1.79. The summed E-state index contributed by atoms with van der Waals surface area (Å²) in [6.45, 7) is 1.85. The van der Waals surface area contributed by atoms with Crippen LogP contribution in [0.25, 0.3) is 11.0 Å².